The highest BCUT2D eigenvalue weighted by atomic mass is 35.5. The number of ether oxygens (including phenoxy) is 2. The molecule has 1 fully saturated rings. The Morgan fingerprint density at radius 1 is 0.889 bits per heavy atom. The van der Waals surface area contributed by atoms with Crippen molar-refractivity contribution >= 4 is 23.2 Å². The summed E-state index contributed by atoms with van der Waals surface area (Å²) in [4.78, 5) is 0. The molecule has 2 aromatic carbocycles. The van der Waals surface area contributed by atoms with Crippen LogP contribution in [0.25, 0.3) is 0 Å². The third kappa shape index (κ3) is 5.31. The zero-order valence-electron chi connectivity index (χ0n) is 15.9. The summed E-state index contributed by atoms with van der Waals surface area (Å²) in [5, 5.41) is 5.01. The Kier molecular flexibility index (Phi) is 7.28. The molecule has 3 nitrogen and oxygen atoms in total. The molecule has 1 aliphatic heterocycles. The van der Waals surface area contributed by atoms with E-state index in [1.54, 1.807) is 14.2 Å². The van der Waals surface area contributed by atoms with E-state index in [0.717, 1.165) is 47.5 Å². The van der Waals surface area contributed by atoms with E-state index in [2.05, 4.69) is 17.4 Å². The van der Waals surface area contributed by atoms with Gasteiger partial charge in [-0.1, -0.05) is 35.3 Å². The molecule has 1 N–H and O–H groups in total. The maximum absolute atomic E-state index is 6.53. The van der Waals surface area contributed by atoms with Crippen molar-refractivity contribution in [2.75, 3.05) is 27.3 Å². The van der Waals surface area contributed by atoms with Crippen molar-refractivity contribution in [3.8, 4) is 11.5 Å². The molecule has 0 spiro atoms. The van der Waals surface area contributed by atoms with Crippen LogP contribution in [-0.4, -0.2) is 27.3 Å². The summed E-state index contributed by atoms with van der Waals surface area (Å²) in [5.74, 6) is 2.73. The standard InChI is InChI=1S/C22H27Cl2NO2/c1-26-19-5-3-16(21(23)13-19)11-18(15-7-9-25-10-8-15)12-17-4-6-20(27-2)14-22(17)24/h3-6,13-15,18,25H,7-12H2,1-2H3. The minimum absolute atomic E-state index is 0.490. The van der Waals surface area contributed by atoms with Crippen LogP contribution in [0.1, 0.15) is 24.0 Å². The van der Waals surface area contributed by atoms with Crippen molar-refractivity contribution in [1.82, 2.24) is 5.32 Å². The van der Waals surface area contributed by atoms with Gasteiger partial charge in [0.25, 0.3) is 0 Å². The Bertz CT molecular complexity index is 704. The summed E-state index contributed by atoms with van der Waals surface area (Å²) >= 11 is 13.1. The van der Waals surface area contributed by atoms with Crippen molar-refractivity contribution in [2.24, 2.45) is 11.8 Å². The lowest BCUT2D eigenvalue weighted by atomic mass is 9.78. The van der Waals surface area contributed by atoms with Gasteiger partial charge in [-0.2, -0.15) is 0 Å². The Labute approximate surface area is 172 Å². The topological polar surface area (TPSA) is 30.5 Å². The second kappa shape index (κ2) is 9.68. The third-order valence-corrected chi connectivity index (χ3v) is 6.24. The highest BCUT2D eigenvalue weighted by Crippen LogP contribution is 2.34. The maximum atomic E-state index is 6.53. The fraction of sp³-hybridized carbons (Fsp3) is 0.455. The van der Waals surface area contributed by atoms with Gasteiger partial charge >= 0.3 is 0 Å². The first-order valence-corrected chi connectivity index (χ1v) is 10.2. The van der Waals surface area contributed by atoms with Crippen LogP contribution in [0.5, 0.6) is 11.5 Å². The van der Waals surface area contributed by atoms with Gasteiger partial charge in [-0.25, -0.2) is 0 Å². The lowest BCUT2D eigenvalue weighted by Gasteiger charge is -2.31. The number of rotatable bonds is 7. The monoisotopic (exact) mass is 407 g/mol. The summed E-state index contributed by atoms with van der Waals surface area (Å²) < 4.78 is 10.6. The first kappa shape index (κ1) is 20.3. The molecule has 0 bridgehead atoms. The van der Waals surface area contributed by atoms with Crippen LogP contribution >= 0.6 is 23.2 Å². The molecule has 0 radical (unpaired) electrons. The Morgan fingerprint density at radius 3 is 1.78 bits per heavy atom. The smallest absolute Gasteiger partial charge is 0.120 e. The maximum Gasteiger partial charge on any atom is 0.120 e. The molecular weight excluding hydrogens is 381 g/mol. The van der Waals surface area contributed by atoms with Crippen LogP contribution in [0, 0.1) is 11.8 Å². The molecule has 2 aromatic rings. The molecule has 1 aliphatic rings. The van der Waals surface area contributed by atoms with E-state index >= 15 is 0 Å². The molecular formula is C22H27Cl2NO2. The van der Waals surface area contributed by atoms with Crippen LogP contribution in [0.4, 0.5) is 0 Å². The molecule has 3 rings (SSSR count). The van der Waals surface area contributed by atoms with Crippen molar-refractivity contribution < 1.29 is 9.47 Å². The van der Waals surface area contributed by atoms with Crippen LogP contribution in [0.2, 0.25) is 10.0 Å². The average molecular weight is 408 g/mol. The number of hydrogen-bond donors (Lipinski definition) is 1. The summed E-state index contributed by atoms with van der Waals surface area (Å²) in [5.41, 5.74) is 2.34. The third-order valence-electron chi connectivity index (χ3n) is 5.54. The lowest BCUT2D eigenvalue weighted by Crippen LogP contribution is -2.33. The molecule has 0 amide bonds. The van der Waals surface area contributed by atoms with Crippen molar-refractivity contribution in [3.05, 3.63) is 57.6 Å². The first-order valence-electron chi connectivity index (χ1n) is 9.46. The molecule has 0 saturated carbocycles. The fourth-order valence-corrected chi connectivity index (χ4v) is 4.42. The Morgan fingerprint density at radius 2 is 1.37 bits per heavy atom. The Balaban J connectivity index is 1.82. The van der Waals surface area contributed by atoms with Crippen LogP contribution in [-0.2, 0) is 12.8 Å². The highest BCUT2D eigenvalue weighted by Gasteiger charge is 2.25. The zero-order valence-corrected chi connectivity index (χ0v) is 17.4. The van der Waals surface area contributed by atoms with Gasteiger partial charge in [-0.15, -0.1) is 0 Å². The predicted octanol–water partition coefficient (Wildman–Crippen LogP) is 5.41. The summed E-state index contributed by atoms with van der Waals surface area (Å²) in [6.45, 7) is 2.15. The second-order valence-electron chi connectivity index (χ2n) is 7.17. The van der Waals surface area contributed by atoms with Gasteiger partial charge in [-0.05, 0) is 86.0 Å². The van der Waals surface area contributed by atoms with E-state index in [1.807, 2.05) is 24.3 Å². The fourth-order valence-electron chi connectivity index (χ4n) is 3.93. The quantitative estimate of drug-likeness (QED) is 0.665. The molecule has 146 valence electrons. The van der Waals surface area contributed by atoms with E-state index < -0.39 is 0 Å². The largest absolute Gasteiger partial charge is 0.497 e. The average Bonchev–Trinajstić information content (AvgIpc) is 2.70. The van der Waals surface area contributed by atoms with Gasteiger partial charge < -0.3 is 14.8 Å². The number of hydrogen-bond acceptors (Lipinski definition) is 3. The van der Waals surface area contributed by atoms with Crippen LogP contribution in [0.3, 0.4) is 0 Å². The van der Waals surface area contributed by atoms with Gasteiger partial charge in [0.15, 0.2) is 0 Å². The molecule has 1 heterocycles. The molecule has 0 unspecified atom stereocenters. The predicted molar refractivity (Wildman–Crippen MR) is 112 cm³/mol. The van der Waals surface area contributed by atoms with Crippen molar-refractivity contribution in [1.29, 1.82) is 0 Å². The van der Waals surface area contributed by atoms with Gasteiger partial charge in [0, 0.05) is 10.0 Å². The van der Waals surface area contributed by atoms with E-state index in [0.29, 0.717) is 11.8 Å². The molecule has 27 heavy (non-hydrogen) atoms. The van der Waals surface area contributed by atoms with Crippen LogP contribution in [0.15, 0.2) is 36.4 Å². The number of methoxy groups -OCH3 is 2. The number of halogens is 2. The molecule has 0 atom stereocenters. The summed E-state index contributed by atoms with van der Waals surface area (Å²) in [6.07, 6.45) is 4.25. The molecule has 0 aromatic heterocycles. The van der Waals surface area contributed by atoms with E-state index in [-0.39, 0.29) is 0 Å². The van der Waals surface area contributed by atoms with Crippen molar-refractivity contribution in [3.63, 3.8) is 0 Å². The minimum Gasteiger partial charge on any atom is -0.497 e. The number of benzene rings is 2. The zero-order chi connectivity index (χ0) is 19.2. The van der Waals surface area contributed by atoms with Crippen molar-refractivity contribution in [2.45, 2.75) is 25.7 Å². The van der Waals surface area contributed by atoms with Gasteiger partial charge in [0.2, 0.25) is 0 Å². The number of nitrogens with one attached hydrogen (secondary N) is 1. The normalized spacial score (nSPS) is 15.1. The lowest BCUT2D eigenvalue weighted by molar-refractivity contribution is 0.255. The summed E-state index contributed by atoms with van der Waals surface area (Å²) in [6, 6.07) is 11.9. The van der Waals surface area contributed by atoms with Gasteiger partial charge in [0.05, 0.1) is 14.2 Å². The molecule has 1 saturated heterocycles. The first-order chi connectivity index (χ1) is 13.1. The molecule has 0 aliphatic carbocycles. The van der Waals surface area contributed by atoms with E-state index in [4.69, 9.17) is 32.7 Å². The molecule has 5 heteroatoms. The van der Waals surface area contributed by atoms with E-state index in [1.165, 1.54) is 24.0 Å². The minimum atomic E-state index is 0.490. The highest BCUT2D eigenvalue weighted by molar-refractivity contribution is 6.31. The second-order valence-corrected chi connectivity index (χ2v) is 7.98. The van der Waals surface area contributed by atoms with Crippen LogP contribution < -0.4 is 14.8 Å². The van der Waals surface area contributed by atoms with Gasteiger partial charge in [0.1, 0.15) is 11.5 Å². The SMILES string of the molecule is COc1ccc(CC(Cc2ccc(OC)cc2Cl)C2CCNCC2)c(Cl)c1. The summed E-state index contributed by atoms with van der Waals surface area (Å²) in [7, 11) is 3.32. The van der Waals surface area contributed by atoms with Gasteiger partial charge in [-0.3, -0.25) is 0 Å². The number of piperidine rings is 1. The van der Waals surface area contributed by atoms with E-state index in [9.17, 15) is 0 Å². The Hall–Kier alpha value is -1.42.